The van der Waals surface area contributed by atoms with E-state index in [1.54, 1.807) is 18.4 Å². The molecule has 1 amide bonds. The molecule has 1 aromatic heterocycles. The lowest BCUT2D eigenvalue weighted by molar-refractivity contribution is 0.0703. The second-order valence-corrected chi connectivity index (χ2v) is 6.93. The summed E-state index contributed by atoms with van der Waals surface area (Å²) in [5.41, 5.74) is 1.29. The molecule has 0 atom stereocenters. The van der Waals surface area contributed by atoms with Crippen LogP contribution in [0.15, 0.2) is 17.5 Å². The van der Waals surface area contributed by atoms with Gasteiger partial charge in [-0.15, -0.1) is 11.3 Å². The first-order chi connectivity index (χ1) is 9.81. The van der Waals surface area contributed by atoms with Crippen molar-refractivity contribution in [3.05, 3.63) is 47.1 Å². The predicted octanol–water partition coefficient (Wildman–Crippen LogP) is 4.92. The van der Waals surface area contributed by atoms with E-state index >= 15 is 0 Å². The van der Waals surface area contributed by atoms with E-state index in [0.29, 0.717) is 30.4 Å². The summed E-state index contributed by atoms with van der Waals surface area (Å²) in [4.78, 5) is 23.6. The minimum atomic E-state index is -1.08. The predicted molar refractivity (Wildman–Crippen MR) is 93.1 cm³/mol. The van der Waals surface area contributed by atoms with Crippen LogP contribution in [0.1, 0.15) is 25.6 Å². The third-order valence-corrected chi connectivity index (χ3v) is 5.73. The van der Waals surface area contributed by atoms with Crippen LogP contribution in [0.3, 0.4) is 0 Å². The molecule has 2 rings (SSSR count). The SMILES string of the molecule is Cc1csc(C(=O)O)c1NC(=O)c1cc(Cl)cc(Cl)c1I. The van der Waals surface area contributed by atoms with Crippen LogP contribution >= 0.6 is 57.1 Å². The first-order valence-corrected chi connectivity index (χ1v) is 8.30. The molecule has 0 radical (unpaired) electrons. The topological polar surface area (TPSA) is 66.4 Å². The number of nitrogens with one attached hydrogen (secondary N) is 1. The first-order valence-electron chi connectivity index (χ1n) is 5.58. The molecule has 0 spiro atoms. The van der Waals surface area contributed by atoms with E-state index in [9.17, 15) is 9.59 Å². The van der Waals surface area contributed by atoms with Gasteiger partial charge in [-0.2, -0.15) is 0 Å². The summed E-state index contributed by atoms with van der Waals surface area (Å²) >= 11 is 14.9. The Kier molecular flexibility index (Phi) is 5.13. The number of halogens is 3. The van der Waals surface area contributed by atoms with Crippen molar-refractivity contribution in [1.82, 2.24) is 0 Å². The Labute approximate surface area is 148 Å². The number of hydrogen-bond acceptors (Lipinski definition) is 3. The highest BCUT2D eigenvalue weighted by Gasteiger charge is 2.20. The molecule has 0 saturated heterocycles. The number of carbonyl (C=O) groups excluding carboxylic acids is 1. The van der Waals surface area contributed by atoms with Gasteiger partial charge in [-0.1, -0.05) is 23.2 Å². The average Bonchev–Trinajstić information content (AvgIpc) is 2.75. The molecule has 1 aromatic carbocycles. The van der Waals surface area contributed by atoms with E-state index in [2.05, 4.69) is 5.32 Å². The number of benzene rings is 1. The summed E-state index contributed by atoms with van der Waals surface area (Å²) in [5.74, 6) is -1.53. The molecule has 2 aromatic rings. The van der Waals surface area contributed by atoms with Crippen LogP contribution in [0.2, 0.25) is 10.0 Å². The monoisotopic (exact) mass is 455 g/mol. The fourth-order valence-electron chi connectivity index (χ4n) is 1.66. The Morgan fingerprint density at radius 2 is 2.00 bits per heavy atom. The van der Waals surface area contributed by atoms with Gasteiger partial charge in [0.2, 0.25) is 0 Å². The van der Waals surface area contributed by atoms with E-state index in [-0.39, 0.29) is 4.88 Å². The molecule has 2 N–H and O–H groups in total. The zero-order valence-corrected chi connectivity index (χ0v) is 15.0. The van der Waals surface area contributed by atoms with Gasteiger partial charge in [-0.25, -0.2) is 4.79 Å². The maximum Gasteiger partial charge on any atom is 0.348 e. The van der Waals surface area contributed by atoms with Crippen LogP contribution in [0.4, 0.5) is 5.69 Å². The highest BCUT2D eigenvalue weighted by Crippen LogP contribution is 2.30. The second kappa shape index (κ2) is 6.51. The third kappa shape index (κ3) is 3.50. The maximum absolute atomic E-state index is 12.3. The van der Waals surface area contributed by atoms with E-state index in [4.69, 9.17) is 28.3 Å². The summed E-state index contributed by atoms with van der Waals surface area (Å²) in [7, 11) is 0. The van der Waals surface area contributed by atoms with Crippen LogP contribution in [0.5, 0.6) is 0 Å². The van der Waals surface area contributed by atoms with Crippen LogP contribution < -0.4 is 5.32 Å². The molecular formula is C13H8Cl2INO3S. The summed E-state index contributed by atoms with van der Waals surface area (Å²) in [6.07, 6.45) is 0. The number of carbonyl (C=O) groups is 2. The number of carboxylic acid groups (broad SMARTS) is 1. The third-order valence-electron chi connectivity index (χ3n) is 2.65. The fourth-order valence-corrected chi connectivity index (χ4v) is 3.55. The normalized spacial score (nSPS) is 10.5. The molecule has 0 aliphatic rings. The number of aromatic carboxylic acids is 1. The van der Waals surface area contributed by atoms with Crippen molar-refractivity contribution in [2.45, 2.75) is 6.92 Å². The Morgan fingerprint density at radius 1 is 1.33 bits per heavy atom. The number of thiophene rings is 1. The van der Waals surface area contributed by atoms with E-state index in [1.807, 2.05) is 22.6 Å². The van der Waals surface area contributed by atoms with Crippen LogP contribution in [0.25, 0.3) is 0 Å². The van der Waals surface area contributed by atoms with Crippen molar-refractivity contribution in [3.8, 4) is 0 Å². The quantitative estimate of drug-likeness (QED) is 0.510. The minimum absolute atomic E-state index is 0.0870. The van der Waals surface area contributed by atoms with Gasteiger partial charge in [-0.3, -0.25) is 4.79 Å². The molecule has 8 heteroatoms. The number of hydrogen-bond donors (Lipinski definition) is 2. The van der Waals surface area contributed by atoms with Gasteiger partial charge in [0, 0.05) is 8.59 Å². The molecule has 0 bridgehead atoms. The van der Waals surface area contributed by atoms with Gasteiger partial charge in [0.05, 0.1) is 16.3 Å². The van der Waals surface area contributed by atoms with Gasteiger partial charge in [0.15, 0.2) is 0 Å². The molecule has 0 aliphatic heterocycles. The van der Waals surface area contributed by atoms with Gasteiger partial charge >= 0.3 is 5.97 Å². The minimum Gasteiger partial charge on any atom is -0.477 e. The van der Waals surface area contributed by atoms with Gasteiger partial charge in [0.1, 0.15) is 4.88 Å². The van der Waals surface area contributed by atoms with E-state index in [0.717, 1.165) is 11.3 Å². The molecule has 0 saturated carbocycles. The molecule has 21 heavy (non-hydrogen) atoms. The van der Waals surface area contributed by atoms with Crippen molar-refractivity contribution in [2.75, 3.05) is 5.32 Å². The summed E-state index contributed by atoms with van der Waals surface area (Å²) in [6, 6.07) is 3.03. The highest BCUT2D eigenvalue weighted by molar-refractivity contribution is 14.1. The van der Waals surface area contributed by atoms with Gasteiger partial charge < -0.3 is 10.4 Å². The highest BCUT2D eigenvalue weighted by atomic mass is 127. The smallest absolute Gasteiger partial charge is 0.348 e. The van der Waals surface area contributed by atoms with Gasteiger partial charge in [-0.05, 0) is 52.6 Å². The van der Waals surface area contributed by atoms with Crippen molar-refractivity contribution in [2.24, 2.45) is 0 Å². The summed E-state index contributed by atoms with van der Waals surface area (Å²) in [5, 5.41) is 14.1. The first kappa shape index (κ1) is 16.5. The Bertz CT molecular complexity index is 745. The molecule has 0 fully saturated rings. The number of aryl methyl sites for hydroxylation is 1. The second-order valence-electron chi connectivity index (χ2n) is 4.13. The standard InChI is InChI=1S/C13H8Cl2INO3S/c1-5-4-21-11(13(19)20)10(5)17-12(18)7-2-6(14)3-8(15)9(7)16/h2-4H,1H3,(H,17,18)(H,19,20). The Hall–Kier alpha value is -0.830. The fraction of sp³-hybridized carbons (Fsp3) is 0.0769. The Morgan fingerprint density at radius 3 is 2.62 bits per heavy atom. The molecule has 1 heterocycles. The lowest BCUT2D eigenvalue weighted by Gasteiger charge is -2.09. The van der Waals surface area contributed by atoms with Crippen molar-refractivity contribution in [3.63, 3.8) is 0 Å². The number of rotatable bonds is 3. The maximum atomic E-state index is 12.3. The van der Waals surface area contributed by atoms with Crippen LogP contribution in [-0.4, -0.2) is 17.0 Å². The number of carboxylic acids is 1. The van der Waals surface area contributed by atoms with Gasteiger partial charge in [0.25, 0.3) is 5.91 Å². The largest absolute Gasteiger partial charge is 0.477 e. The van der Waals surface area contributed by atoms with Crippen molar-refractivity contribution in [1.29, 1.82) is 0 Å². The summed E-state index contributed by atoms with van der Waals surface area (Å²) < 4.78 is 0.556. The Balaban J connectivity index is 2.40. The molecule has 0 unspecified atom stereocenters. The molecular weight excluding hydrogens is 448 g/mol. The average molecular weight is 456 g/mol. The zero-order valence-electron chi connectivity index (χ0n) is 10.5. The lowest BCUT2D eigenvalue weighted by Crippen LogP contribution is -2.15. The summed E-state index contributed by atoms with van der Waals surface area (Å²) in [6.45, 7) is 1.73. The zero-order chi connectivity index (χ0) is 15.7. The molecule has 110 valence electrons. The van der Waals surface area contributed by atoms with E-state index < -0.39 is 11.9 Å². The van der Waals surface area contributed by atoms with Crippen LogP contribution in [0, 0.1) is 10.5 Å². The lowest BCUT2D eigenvalue weighted by atomic mass is 10.2. The number of amides is 1. The van der Waals surface area contributed by atoms with Crippen LogP contribution in [-0.2, 0) is 0 Å². The molecule has 0 aliphatic carbocycles. The number of anilines is 1. The van der Waals surface area contributed by atoms with E-state index in [1.165, 1.54) is 6.07 Å². The van der Waals surface area contributed by atoms with Crippen molar-refractivity contribution >= 4 is 74.7 Å². The molecule has 4 nitrogen and oxygen atoms in total. The van der Waals surface area contributed by atoms with Crippen molar-refractivity contribution < 1.29 is 14.7 Å².